The second-order valence-electron chi connectivity index (χ2n) is 13.7. The highest BCUT2D eigenvalue weighted by Gasteiger charge is 2.41. The van der Waals surface area contributed by atoms with Crippen LogP contribution in [0.25, 0.3) is 0 Å². The Kier molecular flexibility index (Phi) is 18.7. The Balaban J connectivity index is 1.37. The number of unbranched alkanes of at least 4 members (excludes halogenated alkanes) is 1. The van der Waals surface area contributed by atoms with Crippen molar-refractivity contribution in [1.29, 1.82) is 0 Å². The van der Waals surface area contributed by atoms with E-state index in [0.717, 1.165) is 63.1 Å². The van der Waals surface area contributed by atoms with E-state index in [1.807, 2.05) is 6.92 Å². The van der Waals surface area contributed by atoms with E-state index < -0.39 is 12.3 Å². The lowest BCUT2D eigenvalue weighted by Gasteiger charge is -2.46. The third-order valence-electron chi connectivity index (χ3n) is 9.73. The summed E-state index contributed by atoms with van der Waals surface area (Å²) >= 11 is 0. The fourth-order valence-electron chi connectivity index (χ4n) is 7.18. The van der Waals surface area contributed by atoms with Gasteiger partial charge in [0, 0.05) is 71.0 Å². The summed E-state index contributed by atoms with van der Waals surface area (Å²) < 4.78 is 41.0. The van der Waals surface area contributed by atoms with Gasteiger partial charge in [-0.2, -0.15) is 0 Å². The molecule has 1 aromatic rings. The van der Waals surface area contributed by atoms with Gasteiger partial charge in [-0.3, -0.25) is 20.2 Å². The molecule has 3 fully saturated rings. The Labute approximate surface area is 297 Å². The van der Waals surface area contributed by atoms with Gasteiger partial charge in [0.25, 0.3) is 0 Å². The zero-order chi connectivity index (χ0) is 35.6. The molecule has 2 heterocycles. The minimum absolute atomic E-state index is 0.0770. The molecule has 1 aliphatic carbocycles. The largest absolute Gasteiger partial charge is 0.508 e. The number of morpholine rings is 1. The van der Waals surface area contributed by atoms with Crippen LogP contribution in [0.5, 0.6) is 0 Å². The fourth-order valence-corrected chi connectivity index (χ4v) is 7.18. The van der Waals surface area contributed by atoms with Crippen molar-refractivity contribution in [2.75, 3.05) is 86.1 Å². The molecule has 0 radical (unpaired) electrons. The lowest BCUT2D eigenvalue weighted by atomic mass is 9.82. The number of rotatable bonds is 22. The number of nitrogens with zero attached hydrogens (tertiary/aromatic N) is 2. The molecule has 50 heavy (non-hydrogen) atoms. The highest BCUT2D eigenvalue weighted by Crippen LogP contribution is 2.35. The van der Waals surface area contributed by atoms with Gasteiger partial charge in [-0.05, 0) is 62.5 Å². The van der Waals surface area contributed by atoms with Crippen molar-refractivity contribution < 1.29 is 53.2 Å². The molecule has 2 aliphatic heterocycles. The van der Waals surface area contributed by atoms with Crippen molar-refractivity contribution in [3.8, 4) is 0 Å². The second-order valence-corrected chi connectivity index (χ2v) is 13.7. The number of hydrogen-bond acceptors (Lipinski definition) is 14. The number of methoxy groups -OCH3 is 1. The average Bonchev–Trinajstić information content (AvgIpc) is 3.11. The van der Waals surface area contributed by atoms with Crippen molar-refractivity contribution >= 4 is 6.16 Å². The molecule has 0 aromatic heterocycles. The van der Waals surface area contributed by atoms with Gasteiger partial charge >= 0.3 is 6.16 Å². The van der Waals surface area contributed by atoms with Gasteiger partial charge in [0.05, 0.1) is 57.2 Å². The van der Waals surface area contributed by atoms with Gasteiger partial charge in [-0.25, -0.2) is 4.79 Å². The van der Waals surface area contributed by atoms with Crippen LogP contribution in [0, 0.1) is 11.8 Å². The van der Waals surface area contributed by atoms with E-state index in [-0.39, 0.29) is 36.7 Å². The van der Waals surface area contributed by atoms with Gasteiger partial charge in [0.1, 0.15) is 6.10 Å². The van der Waals surface area contributed by atoms with Crippen molar-refractivity contribution in [3.63, 3.8) is 0 Å². The Hall–Kier alpha value is -1.95. The number of nitrogens with one attached hydrogen (secondary N) is 1. The van der Waals surface area contributed by atoms with Crippen molar-refractivity contribution in [2.45, 2.75) is 89.3 Å². The number of carbonyl (C=O) groups is 1. The van der Waals surface area contributed by atoms with Crippen LogP contribution in [0.2, 0.25) is 0 Å². The quantitative estimate of drug-likeness (QED) is 0.0897. The summed E-state index contributed by atoms with van der Waals surface area (Å²) in [5.74, 6) is 0.532. The molecule has 4 rings (SSSR count). The van der Waals surface area contributed by atoms with Crippen LogP contribution >= 0.6 is 0 Å². The van der Waals surface area contributed by atoms with Crippen LogP contribution in [-0.4, -0.2) is 137 Å². The summed E-state index contributed by atoms with van der Waals surface area (Å²) in [5.41, 5.74) is 2.10. The summed E-state index contributed by atoms with van der Waals surface area (Å²) in [4.78, 5) is 19.9. The molecule has 0 bridgehead atoms. The lowest BCUT2D eigenvalue weighted by molar-refractivity contribution is -0.492. The van der Waals surface area contributed by atoms with Crippen LogP contribution in [0.1, 0.15) is 69.4 Å². The summed E-state index contributed by atoms with van der Waals surface area (Å²) in [6, 6.07) is 8.71. The number of hydrogen-bond donors (Lipinski definition) is 3. The standard InChI is InChI=1S/C36H61N3O11/c1-4-44-23-27(2)24-45-25-28-8-11-30(12-9-28)35-33(21-37-22-34(35)50-36(40)47-17-5-6-18-49-39(41)42)48-26-29-10-13-32-31(20-29)38(15-19-46-32)14-7-16-43-3/h8-9,11-12,27,29,31-35,37,41-42H,4-7,10,13-26H2,1-3H3. The van der Waals surface area contributed by atoms with Crippen LogP contribution in [0.4, 0.5) is 4.79 Å². The van der Waals surface area contributed by atoms with Crippen LogP contribution < -0.4 is 5.32 Å². The molecule has 14 nitrogen and oxygen atoms in total. The summed E-state index contributed by atoms with van der Waals surface area (Å²) in [6.45, 7) is 12.1. The summed E-state index contributed by atoms with van der Waals surface area (Å²) in [6.07, 6.45) is 3.90. The van der Waals surface area contributed by atoms with Gasteiger partial charge in [0.2, 0.25) is 0 Å². The van der Waals surface area contributed by atoms with E-state index in [1.165, 1.54) is 0 Å². The third kappa shape index (κ3) is 13.9. The smallest absolute Gasteiger partial charge is 0.434 e. The molecular formula is C36H61N3O11. The molecule has 1 saturated carbocycles. The van der Waals surface area contributed by atoms with Crippen LogP contribution in [0.3, 0.4) is 0 Å². The first-order chi connectivity index (χ1) is 24.4. The van der Waals surface area contributed by atoms with Crippen molar-refractivity contribution in [2.24, 2.45) is 11.8 Å². The van der Waals surface area contributed by atoms with Crippen molar-refractivity contribution in [3.05, 3.63) is 35.4 Å². The average molecular weight is 712 g/mol. The minimum atomic E-state index is -0.746. The molecular weight excluding hydrogens is 650 g/mol. The topological polar surface area (TPSA) is 150 Å². The number of fused-ring (bicyclic) bond motifs is 1. The SMILES string of the molecule is CCOCC(C)COCc1ccc(C2C(OCC3CCC4OCCN(CCCOC)C4C3)CNCC2OC(=O)OCCCCON(O)O)cc1. The van der Waals surface area contributed by atoms with E-state index in [9.17, 15) is 4.79 Å². The highest BCUT2D eigenvalue weighted by molar-refractivity contribution is 5.60. The number of carbonyl (C=O) groups excluding carboxylic acids is 1. The highest BCUT2D eigenvalue weighted by atomic mass is 17.1. The first kappa shape index (κ1) is 40.8. The first-order valence-electron chi connectivity index (χ1n) is 18.4. The maximum Gasteiger partial charge on any atom is 0.508 e. The molecule has 0 amide bonds. The Morgan fingerprint density at radius 2 is 1.82 bits per heavy atom. The summed E-state index contributed by atoms with van der Waals surface area (Å²) in [5, 5.41) is 20.4. The summed E-state index contributed by atoms with van der Waals surface area (Å²) in [7, 11) is 1.75. The zero-order valence-electron chi connectivity index (χ0n) is 30.2. The molecule has 0 spiro atoms. The first-order valence-corrected chi connectivity index (χ1v) is 18.4. The van der Waals surface area contributed by atoms with Gasteiger partial charge in [-0.15, -0.1) is 0 Å². The van der Waals surface area contributed by atoms with Gasteiger partial charge in [-0.1, -0.05) is 31.2 Å². The normalized spacial score (nSPS) is 26.4. The Morgan fingerprint density at radius 1 is 1.04 bits per heavy atom. The zero-order valence-corrected chi connectivity index (χ0v) is 30.2. The molecule has 1 aromatic carbocycles. The molecule has 7 unspecified atom stereocenters. The molecule has 14 heteroatoms. The van der Waals surface area contributed by atoms with Crippen LogP contribution in [0.15, 0.2) is 24.3 Å². The van der Waals surface area contributed by atoms with Crippen molar-refractivity contribution in [1.82, 2.24) is 15.6 Å². The van der Waals surface area contributed by atoms with E-state index in [1.54, 1.807) is 7.11 Å². The van der Waals surface area contributed by atoms with Gasteiger partial charge < -0.3 is 38.5 Å². The monoisotopic (exact) mass is 711 g/mol. The maximum atomic E-state index is 12.8. The predicted molar refractivity (Wildman–Crippen MR) is 183 cm³/mol. The molecule has 286 valence electrons. The van der Waals surface area contributed by atoms with Crippen LogP contribution in [-0.2, 0) is 44.6 Å². The third-order valence-corrected chi connectivity index (χ3v) is 9.73. The van der Waals surface area contributed by atoms with E-state index in [0.29, 0.717) is 76.8 Å². The van der Waals surface area contributed by atoms with E-state index >= 15 is 0 Å². The molecule has 3 N–H and O–H groups in total. The molecule has 3 aliphatic rings. The predicted octanol–water partition coefficient (Wildman–Crippen LogP) is 4.17. The fraction of sp³-hybridized carbons (Fsp3) is 0.806. The second kappa shape index (κ2) is 22.9. The van der Waals surface area contributed by atoms with E-state index in [2.05, 4.69) is 46.2 Å². The minimum Gasteiger partial charge on any atom is -0.434 e. The number of ether oxygens (including phenoxy) is 7. The lowest BCUT2D eigenvalue weighted by Crippen LogP contribution is -2.55. The Morgan fingerprint density at radius 3 is 2.60 bits per heavy atom. The van der Waals surface area contributed by atoms with Gasteiger partial charge in [0.15, 0.2) is 0 Å². The maximum absolute atomic E-state index is 12.8. The molecule has 2 saturated heterocycles. The number of benzene rings is 1. The van der Waals surface area contributed by atoms with E-state index in [4.69, 9.17) is 43.6 Å². The molecule has 7 atom stereocenters. The Bertz CT molecular complexity index is 1070. The number of piperidine rings is 1.